The summed E-state index contributed by atoms with van der Waals surface area (Å²) in [6.45, 7) is 2.04. The smallest absolute Gasteiger partial charge is 0.385 e. The average Bonchev–Trinajstić information content (AvgIpc) is 2.33. The van der Waals surface area contributed by atoms with Gasteiger partial charge in [0.15, 0.2) is 0 Å². The molecule has 0 spiro atoms. The second-order valence-electron chi connectivity index (χ2n) is 2.87. The lowest BCUT2D eigenvalue weighted by Gasteiger charge is -1.92. The summed E-state index contributed by atoms with van der Waals surface area (Å²) in [5.41, 5.74) is 3.60. The van der Waals surface area contributed by atoms with Crippen molar-refractivity contribution < 1.29 is 9.53 Å². The second kappa shape index (κ2) is 7.11. The van der Waals surface area contributed by atoms with Crippen molar-refractivity contribution in [2.24, 2.45) is 0 Å². The van der Waals surface area contributed by atoms with Crippen molar-refractivity contribution in [2.75, 3.05) is 6.61 Å². The Labute approximate surface area is 95.2 Å². The van der Waals surface area contributed by atoms with Gasteiger partial charge in [0.05, 0.1) is 0 Å². The Kier molecular flexibility index (Phi) is 5.27. The van der Waals surface area contributed by atoms with Crippen LogP contribution in [0.1, 0.15) is 12.5 Å². The third-order valence-corrected chi connectivity index (χ3v) is 1.66. The summed E-state index contributed by atoms with van der Waals surface area (Å²) in [7, 11) is 0. The normalized spacial score (nSPS) is 8.06. The van der Waals surface area contributed by atoms with Gasteiger partial charge in [-0.05, 0) is 31.2 Å². The summed E-state index contributed by atoms with van der Waals surface area (Å²) in [6, 6.07) is 9.29. The Hall–Kier alpha value is -2.23. The Morgan fingerprint density at radius 1 is 1.38 bits per heavy atom. The predicted molar refractivity (Wildman–Crippen MR) is 62.6 cm³/mol. The Morgan fingerprint density at radius 3 is 2.81 bits per heavy atom. The molecule has 0 unspecified atom stereocenters. The molecule has 0 radical (unpaired) electrons. The molecule has 0 aliphatic rings. The molecule has 2 nitrogen and oxygen atoms in total. The van der Waals surface area contributed by atoms with Crippen LogP contribution in [0.5, 0.6) is 0 Å². The molecule has 0 bridgehead atoms. The minimum Gasteiger partial charge on any atom is -0.451 e. The van der Waals surface area contributed by atoms with E-state index in [1.807, 2.05) is 37.3 Å². The van der Waals surface area contributed by atoms with E-state index in [0.29, 0.717) is 0 Å². The maximum atomic E-state index is 11.1. The molecule has 16 heavy (non-hydrogen) atoms. The first-order chi connectivity index (χ1) is 7.83. The van der Waals surface area contributed by atoms with Gasteiger partial charge in [0.1, 0.15) is 6.61 Å². The molecule has 0 fully saturated rings. The van der Waals surface area contributed by atoms with E-state index in [0.717, 1.165) is 5.56 Å². The minimum absolute atomic E-state index is 0.201. The van der Waals surface area contributed by atoms with Gasteiger partial charge in [-0.3, -0.25) is 0 Å². The molecule has 0 N–H and O–H groups in total. The van der Waals surface area contributed by atoms with Crippen LogP contribution in [0.15, 0.2) is 48.2 Å². The van der Waals surface area contributed by atoms with Crippen LogP contribution in [0.25, 0.3) is 0 Å². The van der Waals surface area contributed by atoms with Crippen LogP contribution in [-0.2, 0) is 9.53 Å². The molecule has 0 aliphatic carbocycles. The number of carbonyl (C=O) groups is 1. The molecule has 2 heteroatoms. The highest BCUT2D eigenvalue weighted by Crippen LogP contribution is 1.94. The van der Waals surface area contributed by atoms with Crippen LogP contribution >= 0.6 is 0 Å². The fraction of sp³-hybridized carbons (Fsp3) is 0.143. The lowest BCUT2D eigenvalue weighted by molar-refractivity contribution is -0.135. The fourth-order valence-electron chi connectivity index (χ4n) is 0.964. The van der Waals surface area contributed by atoms with Crippen LogP contribution in [0.3, 0.4) is 0 Å². The van der Waals surface area contributed by atoms with Crippen molar-refractivity contribution >= 4 is 5.97 Å². The van der Waals surface area contributed by atoms with E-state index < -0.39 is 5.97 Å². The molecule has 0 aliphatic heterocycles. The molecule has 0 saturated carbocycles. The molecule has 0 saturated heterocycles. The zero-order chi connectivity index (χ0) is 11.6. The number of rotatable bonds is 2. The highest BCUT2D eigenvalue weighted by molar-refractivity contribution is 5.89. The third kappa shape index (κ3) is 4.85. The predicted octanol–water partition coefficient (Wildman–Crippen LogP) is 2.31. The summed E-state index contributed by atoms with van der Waals surface area (Å²) < 4.78 is 4.82. The molecule has 0 amide bonds. The van der Waals surface area contributed by atoms with Gasteiger partial charge in [-0.2, -0.15) is 0 Å². The summed E-state index contributed by atoms with van der Waals surface area (Å²) >= 11 is 0. The van der Waals surface area contributed by atoms with Crippen LogP contribution in [0.4, 0.5) is 0 Å². The standard InChI is InChI=1S/C14H12O2/c1-2-3-7-12-16-14(15)11-10-13-8-5-4-6-9-13/h2,4-9H,12H2,1H3. The Morgan fingerprint density at radius 2 is 2.12 bits per heavy atom. The lowest BCUT2D eigenvalue weighted by Crippen LogP contribution is -2.00. The SMILES string of the molecule is CC=C=CCOC(=O)C#Cc1ccccc1. The quantitative estimate of drug-likeness (QED) is 0.427. The highest BCUT2D eigenvalue weighted by Gasteiger charge is 1.93. The van der Waals surface area contributed by atoms with Gasteiger partial charge in [0.25, 0.3) is 0 Å². The van der Waals surface area contributed by atoms with E-state index in [1.54, 1.807) is 12.2 Å². The largest absolute Gasteiger partial charge is 0.451 e. The lowest BCUT2D eigenvalue weighted by atomic mass is 10.2. The van der Waals surface area contributed by atoms with Gasteiger partial charge >= 0.3 is 5.97 Å². The van der Waals surface area contributed by atoms with Crippen LogP contribution in [0.2, 0.25) is 0 Å². The molecule has 0 aromatic heterocycles. The molecule has 0 atom stereocenters. The third-order valence-electron chi connectivity index (χ3n) is 1.66. The number of hydrogen-bond acceptors (Lipinski definition) is 2. The number of ether oxygens (including phenoxy) is 1. The van der Waals surface area contributed by atoms with Crippen molar-refractivity contribution in [3.63, 3.8) is 0 Å². The van der Waals surface area contributed by atoms with Gasteiger partial charge in [0, 0.05) is 11.5 Å². The summed E-state index contributed by atoms with van der Waals surface area (Å²) in [5, 5.41) is 0. The highest BCUT2D eigenvalue weighted by atomic mass is 16.5. The topological polar surface area (TPSA) is 26.3 Å². The van der Waals surface area contributed by atoms with E-state index in [-0.39, 0.29) is 6.61 Å². The summed E-state index contributed by atoms with van der Waals surface area (Å²) in [6.07, 6.45) is 3.37. The van der Waals surface area contributed by atoms with Crippen molar-refractivity contribution in [2.45, 2.75) is 6.92 Å². The van der Waals surface area contributed by atoms with Gasteiger partial charge in [-0.25, -0.2) is 4.79 Å². The molecule has 1 aromatic rings. The van der Waals surface area contributed by atoms with E-state index in [2.05, 4.69) is 17.6 Å². The van der Waals surface area contributed by atoms with Crippen LogP contribution in [0, 0.1) is 11.8 Å². The first-order valence-electron chi connectivity index (χ1n) is 4.92. The fourth-order valence-corrected chi connectivity index (χ4v) is 0.964. The van der Waals surface area contributed by atoms with E-state index >= 15 is 0 Å². The van der Waals surface area contributed by atoms with Crippen molar-refractivity contribution in [1.29, 1.82) is 0 Å². The number of carbonyl (C=O) groups excluding carboxylic acids is 1. The maximum Gasteiger partial charge on any atom is 0.385 e. The Bertz CT molecular complexity index is 455. The molecular weight excluding hydrogens is 200 g/mol. The zero-order valence-electron chi connectivity index (χ0n) is 9.07. The van der Waals surface area contributed by atoms with Crippen molar-refractivity contribution in [3.8, 4) is 11.8 Å². The first kappa shape index (κ1) is 11.8. The van der Waals surface area contributed by atoms with Crippen LogP contribution in [-0.4, -0.2) is 12.6 Å². The second-order valence-corrected chi connectivity index (χ2v) is 2.87. The summed E-state index contributed by atoms with van der Waals surface area (Å²) in [4.78, 5) is 11.1. The van der Waals surface area contributed by atoms with Crippen molar-refractivity contribution in [1.82, 2.24) is 0 Å². The van der Waals surface area contributed by atoms with E-state index in [4.69, 9.17) is 4.74 Å². The number of esters is 1. The first-order valence-corrected chi connectivity index (χ1v) is 4.92. The monoisotopic (exact) mass is 212 g/mol. The molecule has 1 rings (SSSR count). The summed E-state index contributed by atoms with van der Waals surface area (Å²) in [5.74, 6) is 4.60. The average molecular weight is 212 g/mol. The van der Waals surface area contributed by atoms with Crippen LogP contribution < -0.4 is 0 Å². The molecule has 80 valence electrons. The number of hydrogen-bond donors (Lipinski definition) is 0. The maximum absolute atomic E-state index is 11.1. The molecule has 1 aromatic carbocycles. The Balaban J connectivity index is 2.46. The van der Waals surface area contributed by atoms with E-state index in [1.165, 1.54) is 0 Å². The molecular formula is C14H12O2. The van der Waals surface area contributed by atoms with Gasteiger partial charge in [-0.15, -0.1) is 5.73 Å². The molecule has 0 heterocycles. The minimum atomic E-state index is -0.530. The number of benzene rings is 1. The van der Waals surface area contributed by atoms with Crippen molar-refractivity contribution in [3.05, 3.63) is 53.8 Å². The zero-order valence-corrected chi connectivity index (χ0v) is 9.07. The van der Waals surface area contributed by atoms with Gasteiger partial charge < -0.3 is 4.74 Å². The van der Waals surface area contributed by atoms with E-state index in [9.17, 15) is 4.79 Å². The van der Waals surface area contributed by atoms with Gasteiger partial charge in [0.2, 0.25) is 0 Å². The van der Waals surface area contributed by atoms with Gasteiger partial charge in [-0.1, -0.05) is 24.1 Å².